The lowest BCUT2D eigenvalue weighted by atomic mass is 9.85. The van der Waals surface area contributed by atoms with E-state index in [0.717, 1.165) is 24.8 Å². The maximum Gasteiger partial charge on any atom is 0.279 e. The number of thiophene rings is 1. The van der Waals surface area contributed by atoms with Crippen molar-refractivity contribution in [3.8, 4) is 0 Å². The highest BCUT2D eigenvalue weighted by molar-refractivity contribution is 7.14. The lowest BCUT2D eigenvalue weighted by Gasteiger charge is -2.22. The molecule has 132 valence electrons. The van der Waals surface area contributed by atoms with Gasteiger partial charge < -0.3 is 0 Å². The molecule has 2 atom stereocenters. The fourth-order valence-electron chi connectivity index (χ4n) is 3.33. The Kier molecular flexibility index (Phi) is 5.53. The first-order chi connectivity index (χ1) is 12.1. The summed E-state index contributed by atoms with van der Waals surface area (Å²) in [6.45, 7) is 4.13. The molecule has 1 heterocycles. The van der Waals surface area contributed by atoms with Crippen LogP contribution in [0.2, 0.25) is 0 Å². The summed E-state index contributed by atoms with van der Waals surface area (Å²) >= 11 is 1.53. The summed E-state index contributed by atoms with van der Waals surface area (Å²) < 4.78 is 0. The minimum atomic E-state index is -0.278. The Morgan fingerprint density at radius 3 is 2.60 bits per heavy atom. The van der Waals surface area contributed by atoms with Gasteiger partial charge in [0.25, 0.3) is 5.91 Å². The van der Waals surface area contributed by atoms with Crippen LogP contribution in [0.25, 0.3) is 0 Å². The number of benzene rings is 1. The summed E-state index contributed by atoms with van der Waals surface area (Å²) in [6.07, 6.45) is 4.17. The van der Waals surface area contributed by atoms with Crippen LogP contribution < -0.4 is 10.9 Å². The third kappa shape index (κ3) is 3.93. The molecule has 0 spiro atoms. The van der Waals surface area contributed by atoms with Crippen molar-refractivity contribution >= 4 is 23.2 Å². The second kappa shape index (κ2) is 7.83. The van der Waals surface area contributed by atoms with Gasteiger partial charge in [-0.25, -0.2) is 0 Å². The number of hydrogen-bond acceptors (Lipinski definition) is 3. The van der Waals surface area contributed by atoms with Crippen LogP contribution in [0.4, 0.5) is 0 Å². The number of hydrogen-bond donors (Lipinski definition) is 2. The summed E-state index contributed by atoms with van der Waals surface area (Å²) in [5.74, 6) is -0.494. The molecule has 2 aromatic rings. The van der Waals surface area contributed by atoms with E-state index in [1.807, 2.05) is 36.4 Å². The second-order valence-electron chi connectivity index (χ2n) is 6.63. The highest BCUT2D eigenvalue weighted by atomic mass is 32.1. The van der Waals surface area contributed by atoms with Crippen LogP contribution in [0.3, 0.4) is 0 Å². The van der Waals surface area contributed by atoms with Gasteiger partial charge in [0, 0.05) is 4.88 Å². The Labute approximate surface area is 152 Å². The molecule has 0 bridgehead atoms. The van der Waals surface area contributed by atoms with Gasteiger partial charge in [-0.3, -0.25) is 20.4 Å². The predicted octanol–water partition coefficient (Wildman–Crippen LogP) is 3.83. The number of nitrogens with one attached hydrogen (secondary N) is 2. The summed E-state index contributed by atoms with van der Waals surface area (Å²) in [6, 6.07) is 11.7. The molecule has 0 aliphatic heterocycles. The van der Waals surface area contributed by atoms with E-state index < -0.39 is 0 Å². The summed E-state index contributed by atoms with van der Waals surface area (Å²) in [5.41, 5.74) is 7.47. The molecule has 0 fully saturated rings. The minimum absolute atomic E-state index is 0.169. The molecular weight excluding hydrogens is 332 g/mol. The van der Waals surface area contributed by atoms with Crippen molar-refractivity contribution in [2.45, 2.75) is 45.4 Å². The van der Waals surface area contributed by atoms with E-state index in [1.54, 1.807) is 0 Å². The molecule has 0 unspecified atom stereocenters. The molecular formula is C20H24N2O2S. The first kappa shape index (κ1) is 17.7. The molecule has 1 aromatic heterocycles. The van der Waals surface area contributed by atoms with E-state index in [9.17, 15) is 9.59 Å². The number of aryl methyl sites for hydroxylation is 2. The molecule has 1 aliphatic rings. The van der Waals surface area contributed by atoms with Crippen LogP contribution in [-0.4, -0.2) is 11.8 Å². The zero-order valence-electron chi connectivity index (χ0n) is 14.7. The lowest BCUT2D eigenvalue weighted by Crippen LogP contribution is -2.44. The molecule has 0 radical (unpaired) electrons. The number of amides is 2. The van der Waals surface area contributed by atoms with Crippen molar-refractivity contribution in [3.63, 3.8) is 0 Å². The number of fused-ring (bicyclic) bond motifs is 1. The average Bonchev–Trinajstić information content (AvgIpc) is 3.22. The molecule has 3 rings (SSSR count). The van der Waals surface area contributed by atoms with E-state index in [0.29, 0.717) is 4.88 Å². The largest absolute Gasteiger partial charge is 0.279 e. The third-order valence-corrected chi connectivity index (χ3v) is 6.16. The monoisotopic (exact) mass is 356 g/mol. The SMILES string of the molecule is CC[C@@H](C)[C@@H](C(=O)NNC(=O)c1cc2c(s1)CCC2)c1ccccc1. The van der Waals surface area contributed by atoms with E-state index >= 15 is 0 Å². The maximum atomic E-state index is 12.7. The Bertz CT molecular complexity index is 733. The van der Waals surface area contributed by atoms with Gasteiger partial charge in [-0.1, -0.05) is 50.6 Å². The fraction of sp³-hybridized carbons (Fsp3) is 0.400. The van der Waals surface area contributed by atoms with Gasteiger partial charge in [-0.2, -0.15) is 0 Å². The lowest BCUT2D eigenvalue weighted by molar-refractivity contribution is -0.124. The van der Waals surface area contributed by atoms with Crippen LogP contribution in [-0.2, 0) is 17.6 Å². The van der Waals surface area contributed by atoms with E-state index in [4.69, 9.17) is 0 Å². The third-order valence-electron chi connectivity index (χ3n) is 4.92. The fourth-order valence-corrected chi connectivity index (χ4v) is 4.48. The normalized spacial score (nSPS) is 15.3. The predicted molar refractivity (Wildman–Crippen MR) is 101 cm³/mol. The van der Waals surface area contributed by atoms with Gasteiger partial charge in [0.1, 0.15) is 0 Å². The summed E-state index contributed by atoms with van der Waals surface area (Å²) in [5, 5.41) is 0. The first-order valence-electron chi connectivity index (χ1n) is 8.87. The topological polar surface area (TPSA) is 58.2 Å². The average molecular weight is 356 g/mol. The van der Waals surface area contributed by atoms with Crippen molar-refractivity contribution in [2.24, 2.45) is 5.92 Å². The minimum Gasteiger partial charge on any atom is -0.273 e. The van der Waals surface area contributed by atoms with Gasteiger partial charge >= 0.3 is 0 Å². The zero-order chi connectivity index (χ0) is 17.8. The van der Waals surface area contributed by atoms with E-state index in [2.05, 4.69) is 24.7 Å². The van der Waals surface area contributed by atoms with Crippen LogP contribution in [0.15, 0.2) is 36.4 Å². The van der Waals surface area contributed by atoms with Crippen LogP contribution in [0, 0.1) is 5.92 Å². The van der Waals surface area contributed by atoms with Crippen molar-refractivity contribution < 1.29 is 9.59 Å². The molecule has 5 heteroatoms. The Morgan fingerprint density at radius 1 is 1.16 bits per heavy atom. The van der Waals surface area contributed by atoms with Crippen molar-refractivity contribution in [1.82, 2.24) is 10.9 Å². The number of carbonyl (C=O) groups excluding carboxylic acids is 2. The smallest absolute Gasteiger partial charge is 0.273 e. The highest BCUT2D eigenvalue weighted by Crippen LogP contribution is 2.30. The molecule has 0 saturated heterocycles. The first-order valence-corrected chi connectivity index (χ1v) is 9.68. The number of rotatable bonds is 5. The molecule has 0 saturated carbocycles. The molecule has 1 aliphatic carbocycles. The molecule has 2 N–H and O–H groups in total. The van der Waals surface area contributed by atoms with Crippen LogP contribution >= 0.6 is 11.3 Å². The van der Waals surface area contributed by atoms with Crippen molar-refractivity contribution in [1.29, 1.82) is 0 Å². The van der Waals surface area contributed by atoms with Gasteiger partial charge in [0.15, 0.2) is 0 Å². The van der Waals surface area contributed by atoms with Gasteiger partial charge in [-0.15, -0.1) is 11.3 Å². The van der Waals surface area contributed by atoms with Gasteiger partial charge in [0.2, 0.25) is 5.91 Å². The molecule has 25 heavy (non-hydrogen) atoms. The Morgan fingerprint density at radius 2 is 1.92 bits per heavy atom. The van der Waals surface area contributed by atoms with Gasteiger partial charge in [0.05, 0.1) is 10.8 Å². The number of hydrazine groups is 1. The van der Waals surface area contributed by atoms with E-state index in [-0.39, 0.29) is 23.7 Å². The number of carbonyl (C=O) groups is 2. The Balaban J connectivity index is 1.65. The Hall–Kier alpha value is -2.14. The molecule has 4 nitrogen and oxygen atoms in total. The van der Waals surface area contributed by atoms with Crippen LogP contribution in [0.1, 0.15) is 58.3 Å². The van der Waals surface area contributed by atoms with Crippen molar-refractivity contribution in [2.75, 3.05) is 0 Å². The summed E-state index contributed by atoms with van der Waals surface area (Å²) in [7, 11) is 0. The maximum absolute atomic E-state index is 12.7. The quantitative estimate of drug-likeness (QED) is 0.800. The standard InChI is InChI=1S/C20H24N2O2S/c1-3-13(2)18(14-8-5-4-6-9-14)20(24)22-21-19(23)17-12-15-10-7-11-16(15)25-17/h4-6,8-9,12-13,18H,3,7,10-11H2,1-2H3,(H,21,23)(H,22,24)/t13-,18-/m1/s1. The van der Waals surface area contributed by atoms with E-state index in [1.165, 1.54) is 28.2 Å². The van der Waals surface area contributed by atoms with Crippen LogP contribution in [0.5, 0.6) is 0 Å². The summed E-state index contributed by atoms with van der Waals surface area (Å²) in [4.78, 5) is 27.0. The highest BCUT2D eigenvalue weighted by Gasteiger charge is 2.26. The molecule has 2 amide bonds. The van der Waals surface area contributed by atoms with Gasteiger partial charge in [-0.05, 0) is 42.4 Å². The molecule has 1 aromatic carbocycles. The zero-order valence-corrected chi connectivity index (χ0v) is 15.5. The second-order valence-corrected chi connectivity index (χ2v) is 7.77. The van der Waals surface area contributed by atoms with Crippen molar-refractivity contribution in [3.05, 3.63) is 57.3 Å².